The van der Waals surface area contributed by atoms with Gasteiger partial charge in [0.2, 0.25) is 0 Å². The molecule has 0 saturated carbocycles. The molecule has 0 unspecified atom stereocenters. The Labute approximate surface area is 841 Å². The molecule has 27 aromatic rings. The number of pyridine rings is 3. The van der Waals surface area contributed by atoms with Crippen molar-refractivity contribution in [3.63, 3.8) is 0 Å². The zero-order valence-corrected chi connectivity index (χ0v) is 82.2. The summed E-state index contributed by atoms with van der Waals surface area (Å²) in [5, 5.41) is 32.4. The van der Waals surface area contributed by atoms with E-state index in [0.717, 1.165) is 194 Å². The van der Waals surface area contributed by atoms with Crippen LogP contribution in [0.4, 0.5) is 0 Å². The number of nitrogens with zero attached hydrogens (tertiary/aromatic N) is 9. The number of para-hydroxylation sites is 3. The van der Waals surface area contributed by atoms with Crippen LogP contribution in [0.15, 0.2) is 388 Å². The molecular weight excluding hydrogens is 2320 g/mol. The Balaban J connectivity index is 0.000000116. The molecule has 0 atom stereocenters. The Hall–Kier alpha value is -13.8. The smallest absolute Gasteiger partial charge is 0.481 e. The first-order valence-electron chi connectivity index (χ1n) is 42.6. The van der Waals surface area contributed by atoms with Gasteiger partial charge in [-0.25, -0.2) is 0 Å². The average Bonchev–Trinajstić information content (AvgIpc) is 1.59. The van der Waals surface area contributed by atoms with Gasteiger partial charge in [-0.3, -0.25) is 15.0 Å². The maximum Gasteiger partial charge on any atom is 2.00 e. The molecule has 648 valence electrons. The van der Waals surface area contributed by atoms with Gasteiger partial charge in [0.25, 0.3) is 0 Å². The number of oxazole rings is 3. The van der Waals surface area contributed by atoms with Crippen LogP contribution in [-0.2, 0) is 63.2 Å². The van der Waals surface area contributed by atoms with Crippen LogP contribution in [0.2, 0.25) is 0 Å². The standard InChI is InChI=1S/3C38H21N3OS2.3Pt/c1-3-7-34-30(5-1)31-13-10-25(38-40-33-6-2-4-8-37(33)42-38)20-36(31)41(34)35-19-24(9-12-29(35)28-16-18-44-23-28)32-14-11-26(21-39-32)27-15-17-43-22-27;1-2-15-39-33(6-1)26-4-3-5-30(18-26)41-35-12-9-24(28-13-16-43-22-28)19-32(35)31-10-7-27(20-36(31)41)38-40-34-11-8-25(21-37(34)42-38)29-14-17-44-23-29;1-2-15-39-33(6-1)26-4-3-5-30(18-26)41-35-11-8-24(28-13-16-43-22-28)19-32(35)31-10-7-27(21-36(31)41)38-40-34-20-25(9-12-37(34)42-38)29-14-17-44-23-29;;;/h1-18,21-23H;1-17,19,21-23H;1-17,19-20,22-23H;;;/q3*-2;3*+2. The minimum atomic E-state index is 0. The summed E-state index contributed by atoms with van der Waals surface area (Å²) < 4.78 is 25.5. The van der Waals surface area contributed by atoms with Crippen LogP contribution >= 0.6 is 68.0 Å². The van der Waals surface area contributed by atoms with Crippen LogP contribution in [0.3, 0.4) is 0 Å². The molecule has 12 aromatic carbocycles. The van der Waals surface area contributed by atoms with Gasteiger partial charge in [0.1, 0.15) is 34.4 Å². The van der Waals surface area contributed by atoms with Crippen molar-refractivity contribution in [3.8, 4) is 152 Å². The van der Waals surface area contributed by atoms with Gasteiger partial charge in [-0.05, 0) is 290 Å². The first-order chi connectivity index (χ1) is 65.4. The third-order valence-corrected chi connectivity index (χ3v) is 28.0. The molecule has 21 heteroatoms. The fraction of sp³-hybridized carbons (Fsp3) is 0. The van der Waals surface area contributed by atoms with Crippen LogP contribution < -0.4 is 0 Å². The zero-order valence-electron chi connectivity index (χ0n) is 70.5. The molecule has 0 aliphatic heterocycles. The largest absolute Gasteiger partial charge is 2.00 e. The second kappa shape index (κ2) is 37.2. The number of hydrogen-bond acceptors (Lipinski definition) is 15. The molecule has 12 nitrogen and oxygen atoms in total. The van der Waals surface area contributed by atoms with Crippen LogP contribution in [0.5, 0.6) is 0 Å². The molecule has 0 amide bonds. The normalized spacial score (nSPS) is 11.4. The number of rotatable bonds is 15. The molecule has 15 aromatic heterocycles. The van der Waals surface area contributed by atoms with Crippen LogP contribution in [0.25, 0.3) is 251 Å². The molecule has 0 fully saturated rings. The minimum Gasteiger partial charge on any atom is -0.481 e. The van der Waals surface area contributed by atoms with Crippen LogP contribution in [0.1, 0.15) is 0 Å². The zero-order chi connectivity index (χ0) is 87.1. The van der Waals surface area contributed by atoms with Crippen molar-refractivity contribution >= 4 is 167 Å². The number of hydrogen-bond donors (Lipinski definition) is 0. The van der Waals surface area contributed by atoms with E-state index in [4.69, 9.17) is 33.2 Å². The van der Waals surface area contributed by atoms with Gasteiger partial charge in [0, 0.05) is 35.1 Å². The first kappa shape index (κ1) is 86.6. The van der Waals surface area contributed by atoms with Crippen molar-refractivity contribution < 1.29 is 76.4 Å². The van der Waals surface area contributed by atoms with Crippen molar-refractivity contribution in [2.45, 2.75) is 0 Å². The fourth-order valence-electron chi connectivity index (χ4n) is 17.5. The molecule has 0 spiro atoms. The van der Waals surface area contributed by atoms with E-state index in [1.807, 2.05) is 110 Å². The van der Waals surface area contributed by atoms with Gasteiger partial charge in [0.15, 0.2) is 0 Å². The first-order valence-corrected chi connectivity index (χ1v) is 48.2. The number of benzene rings is 12. The van der Waals surface area contributed by atoms with Crippen molar-refractivity contribution in [2.75, 3.05) is 0 Å². The molecule has 27 rings (SSSR count). The quantitative estimate of drug-likeness (QED) is 0.0921. The fourth-order valence-corrected chi connectivity index (χ4v) is 21.5. The Kier molecular flexibility index (Phi) is 23.9. The van der Waals surface area contributed by atoms with Crippen molar-refractivity contribution in [1.82, 2.24) is 43.6 Å². The van der Waals surface area contributed by atoms with E-state index in [-0.39, 0.29) is 63.2 Å². The van der Waals surface area contributed by atoms with Crippen molar-refractivity contribution in [1.29, 1.82) is 0 Å². The third-order valence-electron chi connectivity index (χ3n) is 23.9. The summed E-state index contributed by atoms with van der Waals surface area (Å²) in [5.74, 6) is 1.65. The maximum atomic E-state index is 6.34. The second-order valence-corrected chi connectivity index (χ2v) is 36.4. The molecular formula is C114H63N9O3Pt3S6. The van der Waals surface area contributed by atoms with E-state index >= 15 is 0 Å². The predicted octanol–water partition coefficient (Wildman–Crippen LogP) is 32.1. The SMILES string of the molecule is [Pt+2].[Pt+2].[Pt+2].[c-]1c(-c2ccc(-c3ccsc3)cn2)ccc(-c2ccsc2)c1-n1c2[c-]c(-c3nc4ccccc4o3)ccc2c2ccccc21.[c-]1c(-c2ccccn2)cccc1-n1c2[c-]c(-c3nc4cc(-c5ccsc5)ccc4o3)ccc2c2cc(-c3ccsc3)ccc21.[c-]1c(-c2ccccn2)cccc1-n1c2[c-]c(-c3nc4ccc(-c5ccsc5)cc4o3)ccc2c2cc(-c3ccsc3)ccc21. The number of fused-ring (bicyclic) bond motifs is 12. The molecule has 0 N–H and O–H groups in total. The second-order valence-electron chi connectivity index (χ2n) is 31.7. The monoisotopic (exact) mass is 2380 g/mol. The summed E-state index contributed by atoms with van der Waals surface area (Å²) in [7, 11) is 0. The summed E-state index contributed by atoms with van der Waals surface area (Å²) in [4.78, 5) is 28.5. The summed E-state index contributed by atoms with van der Waals surface area (Å²) >= 11 is 10.2. The van der Waals surface area contributed by atoms with E-state index in [1.54, 1.807) is 68.0 Å². The Morgan fingerprint density at radius 1 is 0.244 bits per heavy atom. The van der Waals surface area contributed by atoms with E-state index in [2.05, 4.69) is 325 Å². The van der Waals surface area contributed by atoms with E-state index in [1.165, 1.54) is 38.9 Å². The minimum absolute atomic E-state index is 0. The molecule has 15 heterocycles. The molecule has 0 aliphatic carbocycles. The Morgan fingerprint density at radius 2 is 0.659 bits per heavy atom. The third kappa shape index (κ3) is 16.4. The molecule has 0 saturated heterocycles. The number of thiophene rings is 6. The Bertz CT molecular complexity index is 8600. The van der Waals surface area contributed by atoms with E-state index < -0.39 is 0 Å². The van der Waals surface area contributed by atoms with Crippen molar-refractivity contribution in [3.05, 3.63) is 411 Å². The summed E-state index contributed by atoms with van der Waals surface area (Å²) in [6.07, 6.45) is 5.57. The summed E-state index contributed by atoms with van der Waals surface area (Å²) in [5.41, 5.74) is 35.4. The van der Waals surface area contributed by atoms with Crippen LogP contribution in [-0.4, -0.2) is 43.6 Å². The van der Waals surface area contributed by atoms with Gasteiger partial charge in [0.05, 0.1) is 16.6 Å². The summed E-state index contributed by atoms with van der Waals surface area (Å²) in [6.45, 7) is 0. The van der Waals surface area contributed by atoms with Gasteiger partial charge in [-0.1, -0.05) is 148 Å². The van der Waals surface area contributed by atoms with Gasteiger partial charge in [-0.15, -0.1) is 138 Å². The maximum absolute atomic E-state index is 6.34. The topological polar surface area (TPSA) is 132 Å². The molecule has 0 radical (unpaired) electrons. The van der Waals surface area contributed by atoms with E-state index in [0.29, 0.717) is 17.7 Å². The molecule has 0 bridgehead atoms. The van der Waals surface area contributed by atoms with Gasteiger partial charge in [-0.2, -0.15) is 68.0 Å². The molecule has 0 aliphatic rings. The predicted molar refractivity (Wildman–Crippen MR) is 544 cm³/mol. The van der Waals surface area contributed by atoms with Crippen molar-refractivity contribution in [2.24, 2.45) is 0 Å². The number of aromatic nitrogens is 9. The summed E-state index contributed by atoms with van der Waals surface area (Å²) in [6, 6.07) is 122. The molecule has 135 heavy (non-hydrogen) atoms. The van der Waals surface area contributed by atoms with Gasteiger partial charge >= 0.3 is 63.2 Å². The van der Waals surface area contributed by atoms with Crippen LogP contribution in [0, 0.1) is 36.4 Å². The van der Waals surface area contributed by atoms with Gasteiger partial charge < -0.3 is 41.9 Å². The Morgan fingerprint density at radius 3 is 1.18 bits per heavy atom. The average molecular weight is 2380 g/mol. The van der Waals surface area contributed by atoms with E-state index in [9.17, 15) is 0 Å².